The lowest BCUT2D eigenvalue weighted by Crippen LogP contribution is -2.00. The predicted octanol–water partition coefficient (Wildman–Crippen LogP) is 1.54. The molecule has 2 heterocycles. The molecule has 4 nitrogen and oxygen atoms in total. The van der Waals surface area contributed by atoms with Gasteiger partial charge >= 0.3 is 0 Å². The van der Waals surface area contributed by atoms with E-state index in [9.17, 15) is 0 Å². The van der Waals surface area contributed by atoms with E-state index >= 15 is 0 Å². The Labute approximate surface area is 99.5 Å². The fraction of sp³-hybridized carbons (Fsp3) is 0.231. The molecule has 0 aliphatic carbocycles. The van der Waals surface area contributed by atoms with Crippen LogP contribution in [0.1, 0.15) is 11.3 Å². The van der Waals surface area contributed by atoms with Crippen molar-refractivity contribution in [1.29, 1.82) is 0 Å². The third-order valence-electron chi connectivity index (χ3n) is 2.92. The van der Waals surface area contributed by atoms with E-state index in [0.717, 1.165) is 35.7 Å². The molecule has 0 saturated heterocycles. The van der Waals surface area contributed by atoms with E-state index in [-0.39, 0.29) is 0 Å². The van der Waals surface area contributed by atoms with Gasteiger partial charge in [-0.25, -0.2) is 9.97 Å². The van der Waals surface area contributed by atoms with Crippen LogP contribution in [0.4, 0.5) is 0 Å². The van der Waals surface area contributed by atoms with E-state index in [1.54, 1.807) is 6.33 Å². The number of benzene rings is 1. The van der Waals surface area contributed by atoms with Gasteiger partial charge in [-0.1, -0.05) is 0 Å². The Morgan fingerprint density at radius 1 is 1.24 bits per heavy atom. The summed E-state index contributed by atoms with van der Waals surface area (Å²) in [5.41, 5.74) is 9.68. The summed E-state index contributed by atoms with van der Waals surface area (Å²) in [6, 6.07) is 8.08. The minimum Gasteiger partial charge on any atom is -0.493 e. The van der Waals surface area contributed by atoms with Gasteiger partial charge in [0.05, 0.1) is 18.0 Å². The molecule has 0 radical (unpaired) electrons. The minimum atomic E-state index is 0.434. The number of aromatic nitrogens is 2. The zero-order valence-corrected chi connectivity index (χ0v) is 9.39. The van der Waals surface area contributed by atoms with Gasteiger partial charge in [-0.2, -0.15) is 0 Å². The Hall–Kier alpha value is -1.94. The predicted molar refractivity (Wildman–Crippen MR) is 64.6 cm³/mol. The molecule has 4 heteroatoms. The summed E-state index contributed by atoms with van der Waals surface area (Å²) < 4.78 is 5.48. The van der Waals surface area contributed by atoms with Crippen molar-refractivity contribution in [3.8, 4) is 17.0 Å². The third kappa shape index (κ3) is 1.87. The smallest absolute Gasteiger partial charge is 0.122 e. The van der Waals surface area contributed by atoms with Gasteiger partial charge in [-0.3, -0.25) is 0 Å². The monoisotopic (exact) mass is 227 g/mol. The van der Waals surface area contributed by atoms with E-state index in [4.69, 9.17) is 10.5 Å². The molecule has 0 spiro atoms. The van der Waals surface area contributed by atoms with Crippen LogP contribution in [0.2, 0.25) is 0 Å². The molecule has 17 heavy (non-hydrogen) atoms. The second-order valence-corrected chi connectivity index (χ2v) is 4.02. The van der Waals surface area contributed by atoms with Crippen molar-refractivity contribution in [3.05, 3.63) is 41.9 Å². The molecule has 1 aliphatic rings. The zero-order valence-electron chi connectivity index (χ0n) is 9.39. The van der Waals surface area contributed by atoms with Crippen molar-refractivity contribution >= 4 is 0 Å². The number of hydrogen-bond acceptors (Lipinski definition) is 4. The van der Waals surface area contributed by atoms with Crippen molar-refractivity contribution in [3.63, 3.8) is 0 Å². The third-order valence-corrected chi connectivity index (χ3v) is 2.92. The molecule has 1 aromatic carbocycles. The SMILES string of the molecule is NCc1cc(-c2ccc3c(c2)CCO3)ncn1. The number of fused-ring (bicyclic) bond motifs is 1. The lowest BCUT2D eigenvalue weighted by atomic mass is 10.1. The Morgan fingerprint density at radius 2 is 2.18 bits per heavy atom. The highest BCUT2D eigenvalue weighted by atomic mass is 16.5. The standard InChI is InChI=1S/C13H13N3O/c14-7-11-6-12(16-8-15-11)9-1-2-13-10(5-9)3-4-17-13/h1-2,5-6,8H,3-4,7,14H2. The molecule has 2 N–H and O–H groups in total. The van der Waals surface area contributed by atoms with Gasteiger partial charge in [0.25, 0.3) is 0 Å². The summed E-state index contributed by atoms with van der Waals surface area (Å²) in [4.78, 5) is 8.37. The normalized spacial score (nSPS) is 13.2. The second kappa shape index (κ2) is 4.14. The van der Waals surface area contributed by atoms with Gasteiger partial charge in [0.1, 0.15) is 12.1 Å². The van der Waals surface area contributed by atoms with E-state index in [0.29, 0.717) is 6.54 Å². The second-order valence-electron chi connectivity index (χ2n) is 4.02. The average Bonchev–Trinajstić information content (AvgIpc) is 2.86. The summed E-state index contributed by atoms with van der Waals surface area (Å²) in [7, 11) is 0. The van der Waals surface area contributed by atoms with Gasteiger partial charge in [0.2, 0.25) is 0 Å². The largest absolute Gasteiger partial charge is 0.493 e. The van der Waals surface area contributed by atoms with Crippen molar-refractivity contribution in [2.24, 2.45) is 5.73 Å². The number of nitrogens with two attached hydrogens (primary N) is 1. The molecule has 1 aromatic heterocycles. The summed E-state index contributed by atoms with van der Waals surface area (Å²) in [5.74, 6) is 0.988. The summed E-state index contributed by atoms with van der Waals surface area (Å²) >= 11 is 0. The van der Waals surface area contributed by atoms with E-state index < -0.39 is 0 Å². The van der Waals surface area contributed by atoms with Crippen molar-refractivity contribution < 1.29 is 4.74 Å². The molecule has 86 valence electrons. The van der Waals surface area contributed by atoms with E-state index in [1.807, 2.05) is 18.2 Å². The molecule has 0 bridgehead atoms. The molecule has 0 fully saturated rings. The van der Waals surface area contributed by atoms with Gasteiger partial charge in [0, 0.05) is 18.5 Å². The minimum absolute atomic E-state index is 0.434. The van der Waals surface area contributed by atoms with Crippen LogP contribution in [-0.4, -0.2) is 16.6 Å². The van der Waals surface area contributed by atoms with Crippen LogP contribution in [-0.2, 0) is 13.0 Å². The van der Waals surface area contributed by atoms with Crippen molar-refractivity contribution in [1.82, 2.24) is 9.97 Å². The van der Waals surface area contributed by atoms with Crippen LogP contribution < -0.4 is 10.5 Å². The van der Waals surface area contributed by atoms with E-state index in [1.165, 1.54) is 5.56 Å². The van der Waals surface area contributed by atoms with Gasteiger partial charge < -0.3 is 10.5 Å². The maximum Gasteiger partial charge on any atom is 0.122 e. The maximum atomic E-state index is 5.58. The number of rotatable bonds is 2. The lowest BCUT2D eigenvalue weighted by Gasteiger charge is -2.04. The summed E-state index contributed by atoms with van der Waals surface area (Å²) in [6.45, 7) is 1.21. The zero-order chi connectivity index (χ0) is 11.7. The first-order chi connectivity index (χ1) is 8.36. The molecule has 2 aromatic rings. The summed E-state index contributed by atoms with van der Waals surface area (Å²) in [5, 5.41) is 0. The quantitative estimate of drug-likeness (QED) is 0.845. The Morgan fingerprint density at radius 3 is 3.06 bits per heavy atom. The Balaban J connectivity index is 2.03. The molecule has 0 atom stereocenters. The molecular weight excluding hydrogens is 214 g/mol. The molecular formula is C13H13N3O. The Kier molecular flexibility index (Phi) is 2.49. The first-order valence-corrected chi connectivity index (χ1v) is 5.64. The molecule has 0 unspecified atom stereocenters. The highest BCUT2D eigenvalue weighted by Gasteiger charge is 2.13. The van der Waals surface area contributed by atoms with Crippen molar-refractivity contribution in [2.45, 2.75) is 13.0 Å². The van der Waals surface area contributed by atoms with Gasteiger partial charge in [-0.15, -0.1) is 0 Å². The fourth-order valence-electron chi connectivity index (χ4n) is 2.01. The van der Waals surface area contributed by atoms with Crippen LogP contribution in [0.5, 0.6) is 5.75 Å². The first-order valence-electron chi connectivity index (χ1n) is 5.64. The molecule has 1 aliphatic heterocycles. The van der Waals surface area contributed by atoms with Crippen LogP contribution in [0, 0.1) is 0 Å². The molecule has 0 saturated carbocycles. The van der Waals surface area contributed by atoms with Crippen LogP contribution >= 0.6 is 0 Å². The number of ether oxygens (including phenoxy) is 1. The van der Waals surface area contributed by atoms with E-state index in [2.05, 4.69) is 16.0 Å². The van der Waals surface area contributed by atoms with Crippen LogP contribution in [0.15, 0.2) is 30.6 Å². The average molecular weight is 227 g/mol. The summed E-state index contributed by atoms with van der Waals surface area (Å²) in [6.07, 6.45) is 2.53. The first kappa shape index (κ1) is 10.2. The number of nitrogens with zero attached hydrogens (tertiary/aromatic N) is 2. The van der Waals surface area contributed by atoms with Gasteiger partial charge in [0.15, 0.2) is 0 Å². The topological polar surface area (TPSA) is 61.0 Å². The lowest BCUT2D eigenvalue weighted by molar-refractivity contribution is 0.357. The van der Waals surface area contributed by atoms with Gasteiger partial charge in [-0.05, 0) is 29.8 Å². The maximum absolute atomic E-state index is 5.58. The molecule has 0 amide bonds. The van der Waals surface area contributed by atoms with Crippen molar-refractivity contribution in [2.75, 3.05) is 6.61 Å². The number of hydrogen-bond donors (Lipinski definition) is 1. The Bertz CT molecular complexity index is 554. The highest BCUT2D eigenvalue weighted by Crippen LogP contribution is 2.29. The fourth-order valence-corrected chi connectivity index (χ4v) is 2.01. The highest BCUT2D eigenvalue weighted by molar-refractivity contribution is 5.62. The molecule has 3 rings (SSSR count). The van der Waals surface area contributed by atoms with Crippen LogP contribution in [0.3, 0.4) is 0 Å². The van der Waals surface area contributed by atoms with Crippen LogP contribution in [0.25, 0.3) is 11.3 Å².